The first-order valence-corrected chi connectivity index (χ1v) is 16.2. The van der Waals surface area contributed by atoms with Crippen LogP contribution in [-0.4, -0.2) is 62.1 Å². The van der Waals surface area contributed by atoms with Crippen LogP contribution in [0.1, 0.15) is 69.2 Å². The van der Waals surface area contributed by atoms with E-state index in [0.29, 0.717) is 37.0 Å². The maximum absolute atomic E-state index is 13.8. The van der Waals surface area contributed by atoms with Crippen molar-refractivity contribution in [2.45, 2.75) is 75.8 Å². The summed E-state index contributed by atoms with van der Waals surface area (Å²) in [6, 6.07) is 12.1. The smallest absolute Gasteiger partial charge is 0.260 e. The Balaban J connectivity index is 1.41. The molecule has 2 aliphatic rings. The van der Waals surface area contributed by atoms with Gasteiger partial charge < -0.3 is 9.47 Å². The molecule has 39 heavy (non-hydrogen) atoms. The number of fused-ring (bicyclic) bond motifs is 1. The molecule has 210 valence electrons. The van der Waals surface area contributed by atoms with E-state index in [1.807, 2.05) is 32.0 Å². The SMILES string of the molecule is CCOc1ccc2nc(N(CC3CCCO3)C(=O)c3ccc(S(=O)(=O)N(CC)C4CCCCC4)cc3)sc2c1. The molecular weight excluding hydrogens is 534 g/mol. The Kier molecular flexibility index (Phi) is 8.86. The zero-order valence-electron chi connectivity index (χ0n) is 22.7. The minimum atomic E-state index is -3.64. The topological polar surface area (TPSA) is 89.0 Å². The van der Waals surface area contributed by atoms with Gasteiger partial charge in [-0.1, -0.05) is 37.5 Å². The first-order valence-electron chi connectivity index (χ1n) is 14.0. The molecule has 2 heterocycles. The van der Waals surface area contributed by atoms with Gasteiger partial charge in [0.1, 0.15) is 5.75 Å². The van der Waals surface area contributed by atoms with Crippen LogP contribution in [0.25, 0.3) is 10.2 Å². The van der Waals surface area contributed by atoms with E-state index >= 15 is 0 Å². The highest BCUT2D eigenvalue weighted by Crippen LogP contribution is 2.34. The Labute approximate surface area is 235 Å². The van der Waals surface area contributed by atoms with Crippen molar-refractivity contribution in [2.75, 3.05) is 31.2 Å². The van der Waals surface area contributed by atoms with E-state index < -0.39 is 10.0 Å². The number of benzene rings is 2. The van der Waals surface area contributed by atoms with Crippen LogP contribution in [0, 0.1) is 0 Å². The van der Waals surface area contributed by atoms with Crippen molar-refractivity contribution >= 4 is 42.6 Å². The fraction of sp³-hybridized carbons (Fsp3) is 0.517. The molecule has 1 amide bonds. The summed E-state index contributed by atoms with van der Waals surface area (Å²) in [7, 11) is -3.64. The van der Waals surface area contributed by atoms with Gasteiger partial charge in [0.05, 0.1) is 34.4 Å². The van der Waals surface area contributed by atoms with E-state index in [4.69, 9.17) is 14.5 Å². The van der Waals surface area contributed by atoms with Crippen molar-refractivity contribution in [3.8, 4) is 5.75 Å². The van der Waals surface area contributed by atoms with Gasteiger partial charge in [-0.2, -0.15) is 4.31 Å². The number of amides is 1. The van der Waals surface area contributed by atoms with Gasteiger partial charge >= 0.3 is 0 Å². The van der Waals surface area contributed by atoms with Gasteiger partial charge in [-0.3, -0.25) is 9.69 Å². The van der Waals surface area contributed by atoms with Gasteiger partial charge in [-0.05, 0) is 75.1 Å². The van der Waals surface area contributed by atoms with Gasteiger partial charge in [0.15, 0.2) is 5.13 Å². The van der Waals surface area contributed by atoms with Crippen LogP contribution >= 0.6 is 11.3 Å². The first kappa shape index (κ1) is 28.0. The van der Waals surface area contributed by atoms with Crippen molar-refractivity contribution in [1.29, 1.82) is 0 Å². The van der Waals surface area contributed by atoms with Crippen molar-refractivity contribution in [3.05, 3.63) is 48.0 Å². The largest absolute Gasteiger partial charge is 0.494 e. The molecule has 10 heteroatoms. The number of hydrogen-bond donors (Lipinski definition) is 0. The summed E-state index contributed by atoms with van der Waals surface area (Å²) in [5.41, 5.74) is 1.22. The van der Waals surface area contributed by atoms with Crippen LogP contribution in [0.2, 0.25) is 0 Å². The molecule has 2 fully saturated rings. The molecule has 0 radical (unpaired) electrons. The summed E-state index contributed by atoms with van der Waals surface area (Å²) in [4.78, 5) is 20.5. The monoisotopic (exact) mass is 571 g/mol. The summed E-state index contributed by atoms with van der Waals surface area (Å²) < 4.78 is 41.1. The summed E-state index contributed by atoms with van der Waals surface area (Å²) in [5.74, 6) is 0.543. The molecule has 1 aliphatic heterocycles. The molecule has 5 rings (SSSR count). The third-order valence-electron chi connectivity index (χ3n) is 7.55. The molecule has 1 aromatic heterocycles. The lowest BCUT2D eigenvalue weighted by atomic mass is 9.95. The number of nitrogens with zero attached hydrogens (tertiary/aromatic N) is 3. The fourth-order valence-corrected chi connectivity index (χ4v) is 8.25. The van der Waals surface area contributed by atoms with Crippen LogP contribution in [-0.2, 0) is 14.8 Å². The van der Waals surface area contributed by atoms with Crippen molar-refractivity contribution < 1.29 is 22.7 Å². The van der Waals surface area contributed by atoms with Gasteiger partial charge in [-0.25, -0.2) is 13.4 Å². The molecule has 3 aromatic rings. The highest BCUT2D eigenvalue weighted by Gasteiger charge is 2.32. The summed E-state index contributed by atoms with van der Waals surface area (Å²) in [6.45, 7) is 5.92. The maximum Gasteiger partial charge on any atom is 0.260 e. The molecular formula is C29H37N3O5S2. The number of carbonyl (C=O) groups excluding carboxylic acids is 1. The predicted molar refractivity (Wildman–Crippen MR) is 154 cm³/mol. The lowest BCUT2D eigenvalue weighted by molar-refractivity contribution is 0.0917. The standard InChI is InChI=1S/C29H37N3O5S2/c1-3-32(22-9-6-5-7-10-22)39(34,35)25-15-12-21(13-16-25)28(33)31(20-24-11-8-18-37-24)29-30-26-17-14-23(36-4-2)19-27(26)38-29/h12-17,19,22,24H,3-11,18,20H2,1-2H3. The molecule has 0 bridgehead atoms. The van der Waals surface area contributed by atoms with E-state index in [1.165, 1.54) is 11.3 Å². The Bertz CT molecular complexity index is 1380. The number of aromatic nitrogens is 1. The van der Waals surface area contributed by atoms with Crippen LogP contribution in [0.5, 0.6) is 5.75 Å². The zero-order valence-corrected chi connectivity index (χ0v) is 24.3. The highest BCUT2D eigenvalue weighted by molar-refractivity contribution is 7.89. The van der Waals surface area contributed by atoms with E-state index in [2.05, 4.69) is 0 Å². The molecule has 1 aliphatic carbocycles. The van der Waals surface area contributed by atoms with E-state index in [1.54, 1.807) is 33.5 Å². The maximum atomic E-state index is 13.8. The minimum absolute atomic E-state index is 0.0410. The third kappa shape index (κ3) is 6.14. The summed E-state index contributed by atoms with van der Waals surface area (Å²) >= 11 is 1.44. The van der Waals surface area contributed by atoms with Crippen LogP contribution < -0.4 is 9.64 Å². The highest BCUT2D eigenvalue weighted by atomic mass is 32.2. The lowest BCUT2D eigenvalue weighted by Crippen LogP contribution is -2.41. The van der Waals surface area contributed by atoms with Gasteiger partial charge in [0.2, 0.25) is 10.0 Å². The summed E-state index contributed by atoms with van der Waals surface area (Å²) in [5, 5.41) is 0.588. The number of rotatable bonds is 10. The average Bonchev–Trinajstić information content (AvgIpc) is 3.62. The Morgan fingerprint density at radius 3 is 2.49 bits per heavy atom. The first-order chi connectivity index (χ1) is 18.9. The normalized spacial score (nSPS) is 18.6. The van der Waals surface area contributed by atoms with E-state index in [0.717, 1.165) is 60.9 Å². The Morgan fingerprint density at radius 2 is 1.82 bits per heavy atom. The second-order valence-corrected chi connectivity index (χ2v) is 13.0. The second-order valence-electron chi connectivity index (χ2n) is 10.1. The van der Waals surface area contributed by atoms with Crippen LogP contribution in [0.3, 0.4) is 0 Å². The van der Waals surface area contributed by atoms with Crippen LogP contribution in [0.15, 0.2) is 47.4 Å². The molecule has 2 aromatic carbocycles. The number of sulfonamides is 1. The Morgan fingerprint density at radius 1 is 1.05 bits per heavy atom. The van der Waals surface area contributed by atoms with E-state index in [-0.39, 0.29) is 22.9 Å². The van der Waals surface area contributed by atoms with Gasteiger partial charge in [-0.15, -0.1) is 0 Å². The average molecular weight is 572 g/mol. The quantitative estimate of drug-likeness (QED) is 0.303. The molecule has 0 N–H and O–H groups in total. The number of carbonyl (C=O) groups is 1. The zero-order chi connectivity index (χ0) is 27.4. The number of thiazole rings is 1. The Hall–Kier alpha value is -2.53. The molecule has 0 spiro atoms. The van der Waals surface area contributed by atoms with Crippen LogP contribution in [0.4, 0.5) is 5.13 Å². The molecule has 1 saturated carbocycles. The van der Waals surface area contributed by atoms with Gasteiger partial charge in [0, 0.05) is 24.8 Å². The molecule has 1 saturated heterocycles. The molecule has 1 atom stereocenters. The second kappa shape index (κ2) is 12.3. The third-order valence-corrected chi connectivity index (χ3v) is 10.6. The fourth-order valence-electron chi connectivity index (χ4n) is 5.56. The van der Waals surface area contributed by atoms with E-state index in [9.17, 15) is 13.2 Å². The summed E-state index contributed by atoms with van der Waals surface area (Å²) in [6.07, 6.45) is 6.86. The number of ether oxygens (including phenoxy) is 2. The van der Waals surface area contributed by atoms with Crippen molar-refractivity contribution in [3.63, 3.8) is 0 Å². The number of hydrogen-bond acceptors (Lipinski definition) is 7. The van der Waals surface area contributed by atoms with Gasteiger partial charge in [0.25, 0.3) is 5.91 Å². The lowest BCUT2D eigenvalue weighted by Gasteiger charge is -2.32. The van der Waals surface area contributed by atoms with Crippen molar-refractivity contribution in [1.82, 2.24) is 9.29 Å². The van der Waals surface area contributed by atoms with Crippen molar-refractivity contribution in [2.24, 2.45) is 0 Å². The molecule has 8 nitrogen and oxygen atoms in total. The minimum Gasteiger partial charge on any atom is -0.494 e. The predicted octanol–water partition coefficient (Wildman–Crippen LogP) is 5.86. The number of anilines is 1. The molecule has 1 unspecified atom stereocenters.